The van der Waals surface area contributed by atoms with Crippen LogP contribution in [0.25, 0.3) is 0 Å². The maximum Gasteiger partial charge on any atom is 0.306 e. The molecule has 0 aliphatic heterocycles. The van der Waals surface area contributed by atoms with E-state index < -0.39 is 18.1 Å². The van der Waals surface area contributed by atoms with Crippen molar-refractivity contribution in [2.24, 2.45) is 0 Å². The van der Waals surface area contributed by atoms with Crippen LogP contribution in [0.2, 0.25) is 0 Å². The predicted octanol–water partition coefficient (Wildman–Crippen LogP) is 7.01. The Morgan fingerprint density at radius 2 is 1.24 bits per heavy atom. The Labute approximate surface area is 274 Å². The Balaban J connectivity index is 4.30. The number of allylic oxidation sites excluding steroid dienone is 6. The summed E-state index contributed by atoms with van der Waals surface area (Å²) >= 11 is 0. The lowest BCUT2D eigenvalue weighted by Gasteiger charge is -2.34. The number of hydrogen-bond acceptors (Lipinski definition) is 7. The first-order valence-corrected chi connectivity index (χ1v) is 17.5. The number of hydrogen-bond donors (Lipinski definition) is 0. The third kappa shape index (κ3) is 27.6. The molecule has 2 atom stereocenters. The highest BCUT2D eigenvalue weighted by Gasteiger charge is 2.25. The number of carboxylic acids is 1. The average molecular weight is 636 g/mol. The Morgan fingerprint density at radius 3 is 1.84 bits per heavy atom. The van der Waals surface area contributed by atoms with Gasteiger partial charge in [0.2, 0.25) is 0 Å². The number of quaternary nitrogens is 1. The highest BCUT2D eigenvalue weighted by Crippen LogP contribution is 2.12. The van der Waals surface area contributed by atoms with Crippen molar-refractivity contribution < 1.29 is 38.2 Å². The molecule has 8 heteroatoms. The molecule has 0 aliphatic rings. The second kappa shape index (κ2) is 29.0. The summed E-state index contributed by atoms with van der Waals surface area (Å²) in [5, 5.41) is 11.5. The van der Waals surface area contributed by atoms with Gasteiger partial charge in [-0.15, -0.1) is 0 Å². The van der Waals surface area contributed by atoms with E-state index in [1.54, 1.807) is 21.1 Å². The molecule has 0 aromatic carbocycles. The van der Waals surface area contributed by atoms with Crippen LogP contribution in [0.5, 0.6) is 0 Å². The number of aliphatic carboxylic acids is 1. The van der Waals surface area contributed by atoms with Gasteiger partial charge in [-0.05, 0) is 44.9 Å². The van der Waals surface area contributed by atoms with Crippen LogP contribution in [0, 0.1) is 0 Å². The number of likely N-dealkylation sites (N-methyl/N-ethyl adjacent to an activating group) is 1. The summed E-state index contributed by atoms with van der Waals surface area (Å²) in [7, 11) is 5.37. The zero-order chi connectivity index (χ0) is 33.6. The molecule has 0 N–H and O–H groups in total. The number of nitrogens with zero attached hydrogens (tertiary/aromatic N) is 1. The molecule has 0 amide bonds. The van der Waals surface area contributed by atoms with Gasteiger partial charge in [-0.1, -0.05) is 102 Å². The van der Waals surface area contributed by atoms with Crippen molar-refractivity contribution >= 4 is 17.9 Å². The van der Waals surface area contributed by atoms with Crippen LogP contribution in [-0.2, 0) is 28.6 Å². The van der Waals surface area contributed by atoms with E-state index in [4.69, 9.17) is 14.2 Å². The van der Waals surface area contributed by atoms with Crippen molar-refractivity contribution in [3.8, 4) is 0 Å². The number of ether oxygens (including phenoxy) is 3. The second-order valence-corrected chi connectivity index (χ2v) is 12.7. The lowest BCUT2D eigenvalue weighted by atomic mass is 10.1. The molecule has 2 unspecified atom stereocenters. The fourth-order valence-corrected chi connectivity index (χ4v) is 4.79. The van der Waals surface area contributed by atoms with E-state index >= 15 is 0 Å². The van der Waals surface area contributed by atoms with Crippen LogP contribution in [0.15, 0.2) is 36.5 Å². The van der Waals surface area contributed by atoms with E-state index in [1.807, 2.05) is 0 Å². The van der Waals surface area contributed by atoms with Gasteiger partial charge in [0, 0.05) is 19.3 Å². The van der Waals surface area contributed by atoms with Gasteiger partial charge >= 0.3 is 11.9 Å². The minimum Gasteiger partial charge on any atom is -0.544 e. The van der Waals surface area contributed by atoms with E-state index in [-0.39, 0.29) is 42.7 Å². The van der Waals surface area contributed by atoms with E-state index in [0.717, 1.165) is 77.0 Å². The molecular weight excluding hydrogens is 570 g/mol. The molecule has 0 aliphatic carbocycles. The minimum absolute atomic E-state index is 0.0360. The SMILES string of the molecule is CC/C=C\C/C=C\C/C=C\CCCCCCCCCC(=O)OC(COCCC(C(=O)[O-])[N+](C)(C)C)COC(=O)CCCCCC. The maximum absolute atomic E-state index is 12.5. The minimum atomic E-state index is -1.13. The molecule has 0 aromatic rings. The van der Waals surface area contributed by atoms with Gasteiger partial charge in [0.25, 0.3) is 0 Å². The number of rotatable bonds is 30. The van der Waals surface area contributed by atoms with Gasteiger partial charge in [0.05, 0.1) is 40.3 Å². The van der Waals surface area contributed by atoms with Crippen molar-refractivity contribution in [3.05, 3.63) is 36.5 Å². The average Bonchev–Trinajstić information content (AvgIpc) is 2.98. The molecular formula is C37H65NO7. The van der Waals surface area contributed by atoms with Gasteiger partial charge in [-0.25, -0.2) is 0 Å². The number of esters is 2. The molecule has 0 fully saturated rings. The molecule has 0 heterocycles. The summed E-state index contributed by atoms with van der Waals surface area (Å²) in [6.07, 6.45) is 29.3. The Bertz CT molecular complexity index is 844. The smallest absolute Gasteiger partial charge is 0.306 e. The monoisotopic (exact) mass is 635 g/mol. The summed E-state index contributed by atoms with van der Waals surface area (Å²) < 4.78 is 16.9. The van der Waals surface area contributed by atoms with Gasteiger partial charge in [-0.2, -0.15) is 0 Å². The van der Waals surface area contributed by atoms with Gasteiger partial charge in [0.15, 0.2) is 6.10 Å². The van der Waals surface area contributed by atoms with Crippen LogP contribution >= 0.6 is 0 Å². The normalized spacial score (nSPS) is 13.5. The molecule has 8 nitrogen and oxygen atoms in total. The first-order valence-electron chi connectivity index (χ1n) is 17.5. The number of carbonyl (C=O) groups excluding carboxylic acids is 3. The first-order chi connectivity index (χ1) is 21.6. The lowest BCUT2D eigenvalue weighted by molar-refractivity contribution is -0.889. The van der Waals surface area contributed by atoms with Crippen LogP contribution in [0.4, 0.5) is 0 Å². The van der Waals surface area contributed by atoms with Gasteiger partial charge in [-0.3, -0.25) is 9.59 Å². The third-order valence-corrected chi connectivity index (χ3v) is 7.54. The van der Waals surface area contributed by atoms with Crippen molar-refractivity contribution in [1.82, 2.24) is 0 Å². The quantitative estimate of drug-likeness (QED) is 0.0362. The molecule has 0 saturated heterocycles. The summed E-state index contributed by atoms with van der Waals surface area (Å²) in [5.41, 5.74) is 0. The topological polar surface area (TPSA) is 102 Å². The molecule has 0 aromatic heterocycles. The Hall–Kier alpha value is -2.45. The number of carboxylic acid groups (broad SMARTS) is 1. The Kier molecular flexibility index (Phi) is 27.4. The van der Waals surface area contributed by atoms with Crippen LogP contribution in [0.3, 0.4) is 0 Å². The summed E-state index contributed by atoms with van der Waals surface area (Å²) in [6.45, 7) is 4.39. The van der Waals surface area contributed by atoms with Crippen LogP contribution in [-0.4, -0.2) is 75.5 Å². The van der Waals surface area contributed by atoms with Crippen molar-refractivity contribution in [2.45, 2.75) is 142 Å². The summed E-state index contributed by atoms with van der Waals surface area (Å²) in [5.74, 6) is -1.78. The molecule has 0 saturated carbocycles. The standard InChI is InChI=1S/C37H65NO7/c1-6-8-10-12-13-14-15-16-17-18-19-20-21-22-23-24-26-28-36(40)45-33(32-44-35(39)27-25-11-9-7-2)31-43-30-29-34(37(41)42)38(3,4)5/h8,10,13-14,16-17,33-34H,6-7,9,11-12,15,18-32H2,1-5H3/b10-8-,14-13-,17-16-. The van der Waals surface area contributed by atoms with Crippen molar-refractivity contribution in [3.63, 3.8) is 0 Å². The van der Waals surface area contributed by atoms with Crippen molar-refractivity contribution in [1.29, 1.82) is 0 Å². The number of carbonyl (C=O) groups is 3. The van der Waals surface area contributed by atoms with E-state index in [0.29, 0.717) is 12.8 Å². The highest BCUT2D eigenvalue weighted by molar-refractivity contribution is 5.70. The molecule has 260 valence electrons. The van der Waals surface area contributed by atoms with E-state index in [9.17, 15) is 19.5 Å². The van der Waals surface area contributed by atoms with Crippen molar-refractivity contribution in [2.75, 3.05) is 41.0 Å². The molecule has 0 rings (SSSR count). The number of unbranched alkanes of at least 4 members (excludes halogenated alkanes) is 10. The molecule has 45 heavy (non-hydrogen) atoms. The second-order valence-electron chi connectivity index (χ2n) is 12.7. The van der Waals surface area contributed by atoms with Crippen LogP contribution in [0.1, 0.15) is 129 Å². The lowest BCUT2D eigenvalue weighted by Crippen LogP contribution is -2.55. The molecule has 0 bridgehead atoms. The summed E-state index contributed by atoms with van der Waals surface area (Å²) in [4.78, 5) is 36.2. The third-order valence-electron chi connectivity index (χ3n) is 7.54. The fourth-order valence-electron chi connectivity index (χ4n) is 4.79. The zero-order valence-electron chi connectivity index (χ0n) is 29.3. The fraction of sp³-hybridized carbons (Fsp3) is 0.757. The first kappa shape index (κ1) is 42.6. The zero-order valence-corrected chi connectivity index (χ0v) is 29.3. The van der Waals surface area contributed by atoms with Gasteiger partial charge in [0.1, 0.15) is 12.6 Å². The largest absolute Gasteiger partial charge is 0.544 e. The van der Waals surface area contributed by atoms with Crippen LogP contribution < -0.4 is 5.11 Å². The predicted molar refractivity (Wildman–Crippen MR) is 180 cm³/mol. The van der Waals surface area contributed by atoms with E-state index in [1.165, 1.54) is 19.3 Å². The van der Waals surface area contributed by atoms with E-state index in [2.05, 4.69) is 50.3 Å². The molecule has 0 spiro atoms. The van der Waals surface area contributed by atoms with Gasteiger partial charge < -0.3 is 28.6 Å². The highest BCUT2D eigenvalue weighted by atomic mass is 16.6. The maximum atomic E-state index is 12.5. The summed E-state index contributed by atoms with van der Waals surface area (Å²) in [6, 6.07) is -0.723. The Morgan fingerprint density at radius 1 is 0.689 bits per heavy atom. The molecule has 0 radical (unpaired) electrons.